The Balaban J connectivity index is 1.30. The lowest BCUT2D eigenvalue weighted by molar-refractivity contribution is 0.0948. The molecule has 148 valence electrons. The van der Waals surface area contributed by atoms with Gasteiger partial charge in [0.1, 0.15) is 4.90 Å². The number of rotatable bonds is 7. The summed E-state index contributed by atoms with van der Waals surface area (Å²) in [7, 11) is -3.59. The molecule has 0 radical (unpaired) electrons. The van der Waals surface area contributed by atoms with E-state index in [9.17, 15) is 13.2 Å². The fraction of sp³-hybridized carbons (Fsp3) is 0.381. The van der Waals surface area contributed by atoms with Crippen molar-refractivity contribution >= 4 is 27.4 Å². The number of benzene rings is 2. The second kappa shape index (κ2) is 7.95. The molecule has 7 heteroatoms. The van der Waals surface area contributed by atoms with Crippen molar-refractivity contribution in [3.63, 3.8) is 0 Å². The highest BCUT2D eigenvalue weighted by Crippen LogP contribution is 2.41. The maximum absolute atomic E-state index is 12.4. The van der Waals surface area contributed by atoms with Crippen LogP contribution in [-0.4, -0.2) is 38.7 Å². The molecular formula is C21H23ClN2O3S. The molecule has 0 fully saturated rings. The van der Waals surface area contributed by atoms with Gasteiger partial charge in [0, 0.05) is 31.1 Å². The molecule has 4 rings (SSSR count). The zero-order valence-corrected chi connectivity index (χ0v) is 17.1. The molecule has 0 saturated carbocycles. The third kappa shape index (κ3) is 3.74. The van der Waals surface area contributed by atoms with Crippen LogP contribution in [0, 0.1) is 0 Å². The van der Waals surface area contributed by atoms with Crippen LogP contribution in [0.4, 0.5) is 0 Å². The number of sulfonamides is 1. The summed E-state index contributed by atoms with van der Waals surface area (Å²) in [6, 6.07) is 12.7. The van der Waals surface area contributed by atoms with Crippen LogP contribution in [0.25, 0.3) is 0 Å². The van der Waals surface area contributed by atoms with Crippen LogP contribution in [0.3, 0.4) is 0 Å². The molecule has 1 heterocycles. The number of carbonyl (C=O) groups excluding carboxylic acids is 1. The minimum Gasteiger partial charge on any atom is -0.296 e. The van der Waals surface area contributed by atoms with Crippen molar-refractivity contribution in [3.8, 4) is 0 Å². The van der Waals surface area contributed by atoms with Gasteiger partial charge >= 0.3 is 0 Å². The van der Waals surface area contributed by atoms with Gasteiger partial charge in [-0.3, -0.25) is 9.69 Å². The first-order valence-corrected chi connectivity index (χ1v) is 11.5. The Kier molecular flexibility index (Phi) is 5.56. The Morgan fingerprint density at radius 1 is 1.11 bits per heavy atom. The van der Waals surface area contributed by atoms with Crippen molar-refractivity contribution in [2.45, 2.75) is 36.6 Å². The number of carbonyl (C=O) groups is 1. The highest BCUT2D eigenvalue weighted by atomic mass is 35.5. The zero-order valence-electron chi connectivity index (χ0n) is 15.5. The van der Waals surface area contributed by atoms with Crippen LogP contribution >= 0.6 is 11.6 Å². The summed E-state index contributed by atoms with van der Waals surface area (Å²) < 4.78 is 27.3. The quantitative estimate of drug-likeness (QED) is 0.698. The Morgan fingerprint density at radius 2 is 1.93 bits per heavy atom. The summed E-state index contributed by atoms with van der Waals surface area (Å²) in [5.41, 5.74) is 3.41. The third-order valence-electron chi connectivity index (χ3n) is 5.61. The molecule has 2 aliphatic rings. The standard InChI is InChI=1S/C21H23ClN2O3S/c22-17-8-1-2-9-20(17)28(26,27)23-11-3-4-12-24-13-10-15-6-5-7-16-19(25)14-18(24)21(15)16/h1-2,5-9,18,23H,3-4,10-14H2. The van der Waals surface area contributed by atoms with Gasteiger partial charge in [0.15, 0.2) is 5.78 Å². The fourth-order valence-electron chi connectivity index (χ4n) is 4.24. The largest absolute Gasteiger partial charge is 0.296 e. The summed E-state index contributed by atoms with van der Waals surface area (Å²) >= 11 is 5.99. The van der Waals surface area contributed by atoms with Gasteiger partial charge in [-0.1, -0.05) is 41.9 Å². The molecule has 0 amide bonds. The molecule has 1 atom stereocenters. The number of halogens is 1. The van der Waals surface area contributed by atoms with Gasteiger partial charge in [-0.25, -0.2) is 13.1 Å². The number of hydrogen-bond acceptors (Lipinski definition) is 4. The van der Waals surface area contributed by atoms with E-state index in [4.69, 9.17) is 11.6 Å². The van der Waals surface area contributed by atoms with Crippen LogP contribution in [0.5, 0.6) is 0 Å². The van der Waals surface area contributed by atoms with Gasteiger partial charge in [0.05, 0.1) is 5.02 Å². The SMILES string of the molecule is O=C1CC2c3c(cccc31)CCN2CCCCNS(=O)(=O)c1ccccc1Cl. The number of nitrogens with zero attached hydrogens (tertiary/aromatic N) is 1. The number of hydrogen-bond donors (Lipinski definition) is 1. The van der Waals surface area contributed by atoms with E-state index in [1.807, 2.05) is 12.1 Å². The van der Waals surface area contributed by atoms with Crippen molar-refractivity contribution in [2.75, 3.05) is 19.6 Å². The Hall–Kier alpha value is -1.73. The lowest BCUT2D eigenvalue weighted by Gasteiger charge is -2.34. The average molecular weight is 419 g/mol. The summed E-state index contributed by atoms with van der Waals surface area (Å²) in [5.74, 6) is 0.237. The Labute approximate surface area is 170 Å². The van der Waals surface area contributed by atoms with Crippen molar-refractivity contribution in [2.24, 2.45) is 0 Å². The van der Waals surface area contributed by atoms with Gasteiger partial charge in [-0.2, -0.15) is 0 Å². The molecule has 1 unspecified atom stereocenters. The van der Waals surface area contributed by atoms with E-state index >= 15 is 0 Å². The van der Waals surface area contributed by atoms with Crippen LogP contribution < -0.4 is 4.72 Å². The molecule has 1 aliphatic heterocycles. The minimum atomic E-state index is -3.59. The van der Waals surface area contributed by atoms with Gasteiger partial charge in [-0.15, -0.1) is 0 Å². The summed E-state index contributed by atoms with van der Waals surface area (Å²) in [6.45, 7) is 2.17. The first-order valence-electron chi connectivity index (χ1n) is 9.60. The van der Waals surface area contributed by atoms with E-state index in [1.54, 1.807) is 18.2 Å². The molecule has 0 spiro atoms. The van der Waals surface area contributed by atoms with Crippen molar-refractivity contribution in [1.82, 2.24) is 9.62 Å². The second-order valence-electron chi connectivity index (χ2n) is 7.34. The fourth-order valence-corrected chi connectivity index (χ4v) is 5.83. The monoisotopic (exact) mass is 418 g/mol. The van der Waals surface area contributed by atoms with E-state index in [0.717, 1.165) is 37.9 Å². The molecule has 0 bridgehead atoms. The number of ketones is 1. The molecular weight excluding hydrogens is 396 g/mol. The molecule has 0 aromatic heterocycles. The average Bonchev–Trinajstić information content (AvgIpc) is 3.02. The predicted octanol–water partition coefficient (Wildman–Crippen LogP) is 3.58. The highest BCUT2D eigenvalue weighted by molar-refractivity contribution is 7.89. The van der Waals surface area contributed by atoms with E-state index < -0.39 is 10.0 Å². The van der Waals surface area contributed by atoms with Gasteiger partial charge < -0.3 is 0 Å². The highest BCUT2D eigenvalue weighted by Gasteiger charge is 2.37. The van der Waals surface area contributed by atoms with Crippen molar-refractivity contribution in [3.05, 3.63) is 64.2 Å². The van der Waals surface area contributed by atoms with E-state index in [1.165, 1.54) is 17.2 Å². The predicted molar refractivity (Wildman–Crippen MR) is 109 cm³/mol. The Bertz CT molecular complexity index is 1010. The van der Waals surface area contributed by atoms with Crippen molar-refractivity contribution in [1.29, 1.82) is 0 Å². The van der Waals surface area contributed by atoms with Crippen molar-refractivity contribution < 1.29 is 13.2 Å². The topological polar surface area (TPSA) is 66.5 Å². The zero-order chi connectivity index (χ0) is 19.7. The summed E-state index contributed by atoms with van der Waals surface area (Å²) in [5, 5.41) is 0.226. The molecule has 1 N–H and O–H groups in total. The third-order valence-corrected chi connectivity index (χ3v) is 7.57. The second-order valence-corrected chi connectivity index (χ2v) is 9.49. The van der Waals surface area contributed by atoms with E-state index in [0.29, 0.717) is 13.0 Å². The maximum atomic E-state index is 12.4. The normalized spacial score (nSPS) is 19.0. The summed E-state index contributed by atoms with van der Waals surface area (Å²) in [4.78, 5) is 14.8. The first-order chi connectivity index (χ1) is 13.5. The van der Waals surface area contributed by atoms with E-state index in [-0.39, 0.29) is 21.7 Å². The van der Waals surface area contributed by atoms with Crippen LogP contribution in [0.15, 0.2) is 47.4 Å². The van der Waals surface area contributed by atoms with Gasteiger partial charge in [0.25, 0.3) is 0 Å². The minimum absolute atomic E-state index is 0.112. The Morgan fingerprint density at radius 3 is 2.75 bits per heavy atom. The molecule has 1 aliphatic carbocycles. The number of unbranched alkanes of at least 4 members (excludes halogenated alkanes) is 1. The van der Waals surface area contributed by atoms with Gasteiger partial charge in [0.2, 0.25) is 10.0 Å². The lowest BCUT2D eigenvalue weighted by atomic mass is 9.93. The summed E-state index contributed by atoms with van der Waals surface area (Å²) in [6.07, 6.45) is 3.13. The van der Waals surface area contributed by atoms with Crippen LogP contribution in [0.2, 0.25) is 5.02 Å². The molecule has 0 saturated heterocycles. The molecule has 2 aromatic carbocycles. The first kappa shape index (κ1) is 19.6. The number of Topliss-reactive ketones (excluding diaryl/α,β-unsaturated/α-hetero) is 1. The molecule has 5 nitrogen and oxygen atoms in total. The van der Waals surface area contributed by atoms with Crippen LogP contribution in [-0.2, 0) is 16.4 Å². The maximum Gasteiger partial charge on any atom is 0.242 e. The molecule has 2 aromatic rings. The lowest BCUT2D eigenvalue weighted by Crippen LogP contribution is -2.35. The van der Waals surface area contributed by atoms with E-state index in [2.05, 4.69) is 15.7 Å². The number of nitrogens with one attached hydrogen (secondary N) is 1. The molecule has 28 heavy (non-hydrogen) atoms. The smallest absolute Gasteiger partial charge is 0.242 e. The van der Waals surface area contributed by atoms with Crippen LogP contribution in [0.1, 0.15) is 46.8 Å². The van der Waals surface area contributed by atoms with Gasteiger partial charge in [-0.05, 0) is 49.1 Å².